The average Bonchev–Trinajstić information content (AvgIpc) is 3.25. The fraction of sp³-hybridized carbons (Fsp3) is 0.130. The predicted molar refractivity (Wildman–Crippen MR) is 113 cm³/mol. The van der Waals surface area contributed by atoms with Crippen molar-refractivity contribution in [2.24, 2.45) is 0 Å². The number of carbonyl (C=O) groups excluding carboxylic acids is 1. The Morgan fingerprint density at radius 3 is 2.55 bits per heavy atom. The van der Waals surface area contributed by atoms with Gasteiger partial charge in [0.05, 0.1) is 18.8 Å². The summed E-state index contributed by atoms with van der Waals surface area (Å²) in [4.78, 5) is 17.2. The SMILES string of the molecule is COc1cccc(-n2nnc(C(=O)N[C@@H](C)c3ccc(F)cc3)c2-c2ccncc2)c1. The van der Waals surface area contributed by atoms with Crippen molar-refractivity contribution in [2.75, 3.05) is 7.11 Å². The third-order valence-electron chi connectivity index (χ3n) is 4.85. The highest BCUT2D eigenvalue weighted by Crippen LogP contribution is 2.27. The molecular formula is C23H20FN5O2. The molecule has 0 radical (unpaired) electrons. The van der Waals surface area contributed by atoms with E-state index in [0.29, 0.717) is 17.1 Å². The molecule has 0 bridgehead atoms. The lowest BCUT2D eigenvalue weighted by molar-refractivity contribution is 0.0935. The summed E-state index contributed by atoms with van der Waals surface area (Å²) in [6.07, 6.45) is 3.28. The Hall–Kier alpha value is -4.07. The molecule has 0 saturated carbocycles. The summed E-state index contributed by atoms with van der Waals surface area (Å²) >= 11 is 0. The van der Waals surface area contributed by atoms with Crippen LogP contribution in [-0.4, -0.2) is 33.0 Å². The van der Waals surface area contributed by atoms with Crippen LogP contribution >= 0.6 is 0 Å². The van der Waals surface area contributed by atoms with E-state index in [9.17, 15) is 9.18 Å². The maximum absolute atomic E-state index is 13.2. The molecule has 8 heteroatoms. The van der Waals surface area contributed by atoms with E-state index in [1.54, 1.807) is 48.5 Å². The zero-order valence-corrected chi connectivity index (χ0v) is 17.0. The minimum atomic E-state index is -0.391. The van der Waals surface area contributed by atoms with E-state index in [1.165, 1.54) is 12.1 Å². The van der Waals surface area contributed by atoms with Crippen molar-refractivity contribution in [3.63, 3.8) is 0 Å². The largest absolute Gasteiger partial charge is 0.497 e. The second-order valence-electron chi connectivity index (χ2n) is 6.88. The first-order chi connectivity index (χ1) is 15.1. The number of methoxy groups -OCH3 is 1. The van der Waals surface area contributed by atoms with Crippen LogP contribution in [0.15, 0.2) is 73.1 Å². The van der Waals surface area contributed by atoms with Crippen LogP contribution in [0.2, 0.25) is 0 Å². The summed E-state index contributed by atoms with van der Waals surface area (Å²) in [6.45, 7) is 1.82. The molecule has 0 fully saturated rings. The second kappa shape index (κ2) is 8.74. The van der Waals surface area contributed by atoms with E-state index in [0.717, 1.165) is 11.1 Å². The summed E-state index contributed by atoms with van der Waals surface area (Å²) in [7, 11) is 1.58. The summed E-state index contributed by atoms with van der Waals surface area (Å²) < 4.78 is 20.1. The zero-order valence-electron chi connectivity index (χ0n) is 17.0. The van der Waals surface area contributed by atoms with Crippen molar-refractivity contribution >= 4 is 5.91 Å². The Balaban J connectivity index is 1.73. The summed E-state index contributed by atoms with van der Waals surface area (Å²) in [5.74, 6) is -0.0640. The first-order valence-corrected chi connectivity index (χ1v) is 9.63. The third-order valence-corrected chi connectivity index (χ3v) is 4.85. The van der Waals surface area contributed by atoms with Crippen LogP contribution in [0.4, 0.5) is 4.39 Å². The molecule has 0 unspecified atom stereocenters. The molecule has 0 aliphatic heterocycles. The molecule has 156 valence electrons. The van der Waals surface area contributed by atoms with Crippen LogP contribution in [0.3, 0.4) is 0 Å². The summed E-state index contributed by atoms with van der Waals surface area (Å²) in [5, 5.41) is 11.3. The van der Waals surface area contributed by atoms with E-state index in [4.69, 9.17) is 4.74 Å². The van der Waals surface area contributed by atoms with Gasteiger partial charge in [-0.25, -0.2) is 9.07 Å². The smallest absolute Gasteiger partial charge is 0.274 e. The van der Waals surface area contributed by atoms with Crippen molar-refractivity contribution in [1.82, 2.24) is 25.3 Å². The normalized spacial score (nSPS) is 11.7. The molecule has 7 nitrogen and oxygen atoms in total. The molecule has 0 aliphatic carbocycles. The highest BCUT2D eigenvalue weighted by atomic mass is 19.1. The van der Waals surface area contributed by atoms with E-state index in [2.05, 4.69) is 20.6 Å². The number of hydrogen-bond acceptors (Lipinski definition) is 5. The fourth-order valence-electron chi connectivity index (χ4n) is 3.23. The van der Waals surface area contributed by atoms with Gasteiger partial charge in [-0.05, 0) is 48.9 Å². The van der Waals surface area contributed by atoms with Crippen LogP contribution < -0.4 is 10.1 Å². The lowest BCUT2D eigenvalue weighted by Crippen LogP contribution is -2.27. The average molecular weight is 417 g/mol. The van der Waals surface area contributed by atoms with Crippen LogP contribution in [0.5, 0.6) is 5.75 Å². The van der Waals surface area contributed by atoms with Crippen LogP contribution in [0.25, 0.3) is 16.9 Å². The number of benzene rings is 2. The lowest BCUT2D eigenvalue weighted by atomic mass is 10.1. The number of nitrogens with zero attached hydrogens (tertiary/aromatic N) is 4. The first kappa shape index (κ1) is 20.2. The first-order valence-electron chi connectivity index (χ1n) is 9.63. The van der Waals surface area contributed by atoms with Crippen LogP contribution in [-0.2, 0) is 0 Å². The number of ether oxygens (including phenoxy) is 1. The van der Waals surface area contributed by atoms with E-state index >= 15 is 0 Å². The molecule has 2 heterocycles. The number of halogens is 1. The molecule has 31 heavy (non-hydrogen) atoms. The zero-order chi connectivity index (χ0) is 21.8. The van der Waals surface area contributed by atoms with E-state index in [-0.39, 0.29) is 17.6 Å². The maximum atomic E-state index is 13.2. The Morgan fingerprint density at radius 1 is 1.10 bits per heavy atom. The van der Waals surface area contributed by atoms with Gasteiger partial charge in [-0.3, -0.25) is 9.78 Å². The topological polar surface area (TPSA) is 81.9 Å². The Kier molecular flexibility index (Phi) is 5.70. The molecule has 0 saturated heterocycles. The number of aromatic nitrogens is 4. The van der Waals surface area contributed by atoms with Gasteiger partial charge in [-0.15, -0.1) is 5.10 Å². The van der Waals surface area contributed by atoms with Gasteiger partial charge in [-0.1, -0.05) is 23.4 Å². The second-order valence-corrected chi connectivity index (χ2v) is 6.88. The Bertz CT molecular complexity index is 1190. The number of carbonyl (C=O) groups is 1. The molecule has 2 aromatic heterocycles. The lowest BCUT2D eigenvalue weighted by Gasteiger charge is -2.14. The van der Waals surface area contributed by atoms with Gasteiger partial charge < -0.3 is 10.1 Å². The number of hydrogen-bond donors (Lipinski definition) is 1. The Morgan fingerprint density at radius 2 is 1.84 bits per heavy atom. The van der Waals surface area contributed by atoms with Crippen LogP contribution in [0, 0.1) is 5.82 Å². The van der Waals surface area contributed by atoms with Gasteiger partial charge in [0.15, 0.2) is 5.69 Å². The van der Waals surface area contributed by atoms with Gasteiger partial charge in [0.1, 0.15) is 17.3 Å². The third kappa shape index (κ3) is 4.28. The summed E-state index contributed by atoms with van der Waals surface area (Å²) in [6, 6.07) is 16.5. The van der Waals surface area contributed by atoms with Gasteiger partial charge in [-0.2, -0.15) is 0 Å². The van der Waals surface area contributed by atoms with Gasteiger partial charge in [0.2, 0.25) is 0 Å². The van der Waals surface area contributed by atoms with Crippen molar-refractivity contribution in [1.29, 1.82) is 0 Å². The molecule has 2 aromatic carbocycles. The molecule has 1 amide bonds. The van der Waals surface area contributed by atoms with Crippen LogP contribution in [0.1, 0.15) is 29.0 Å². The van der Waals surface area contributed by atoms with E-state index < -0.39 is 5.91 Å². The van der Waals surface area contributed by atoms with Gasteiger partial charge in [0.25, 0.3) is 5.91 Å². The highest BCUT2D eigenvalue weighted by molar-refractivity contribution is 5.98. The predicted octanol–water partition coefficient (Wildman–Crippen LogP) is 3.97. The summed E-state index contributed by atoms with van der Waals surface area (Å²) in [5.41, 5.74) is 2.91. The number of nitrogens with one attached hydrogen (secondary N) is 1. The monoisotopic (exact) mass is 417 g/mol. The number of rotatable bonds is 6. The molecule has 4 aromatic rings. The fourth-order valence-corrected chi connectivity index (χ4v) is 3.23. The molecular weight excluding hydrogens is 397 g/mol. The van der Waals surface area contributed by atoms with Gasteiger partial charge in [0, 0.05) is 24.0 Å². The van der Waals surface area contributed by atoms with Gasteiger partial charge >= 0.3 is 0 Å². The standard InChI is InChI=1S/C23H20FN5O2/c1-15(16-6-8-18(24)9-7-16)26-23(30)21-22(17-10-12-25-13-11-17)29(28-27-21)19-4-3-5-20(14-19)31-2/h3-15H,1-2H3,(H,26,30)/t15-/m0/s1. The highest BCUT2D eigenvalue weighted by Gasteiger charge is 2.23. The Labute approximate surface area is 178 Å². The van der Waals surface area contributed by atoms with Crippen molar-refractivity contribution in [2.45, 2.75) is 13.0 Å². The molecule has 4 rings (SSSR count). The molecule has 1 N–H and O–H groups in total. The minimum Gasteiger partial charge on any atom is -0.497 e. The quantitative estimate of drug-likeness (QED) is 0.513. The molecule has 1 atom stereocenters. The number of amides is 1. The van der Waals surface area contributed by atoms with Crippen molar-refractivity contribution in [3.8, 4) is 22.7 Å². The number of pyridine rings is 1. The molecule has 0 spiro atoms. The van der Waals surface area contributed by atoms with Crippen molar-refractivity contribution in [3.05, 3.63) is 90.1 Å². The molecule has 0 aliphatic rings. The minimum absolute atomic E-state index is 0.169. The van der Waals surface area contributed by atoms with Crippen molar-refractivity contribution < 1.29 is 13.9 Å². The van der Waals surface area contributed by atoms with E-state index in [1.807, 2.05) is 31.2 Å². The maximum Gasteiger partial charge on any atom is 0.274 e.